The second-order valence-electron chi connectivity index (χ2n) is 9.19. The van der Waals surface area contributed by atoms with Crippen molar-refractivity contribution in [2.75, 3.05) is 15.4 Å². The molecule has 0 bridgehead atoms. The minimum absolute atomic E-state index is 0.109. The van der Waals surface area contributed by atoms with Crippen molar-refractivity contribution in [3.63, 3.8) is 0 Å². The summed E-state index contributed by atoms with van der Waals surface area (Å²) in [6, 6.07) is 17.8. The number of ether oxygens (including phenoxy) is 1. The number of aliphatic carboxylic acids is 1. The van der Waals surface area contributed by atoms with Crippen LogP contribution in [0.5, 0.6) is 0 Å². The fourth-order valence-electron chi connectivity index (χ4n) is 3.89. The first-order valence-electron chi connectivity index (χ1n) is 12.8. The highest BCUT2D eigenvalue weighted by Crippen LogP contribution is 2.25. The maximum Gasteiger partial charge on any atom is 0.407 e. The van der Waals surface area contributed by atoms with Gasteiger partial charge in [-0.25, -0.2) is 18.0 Å². The molecule has 0 aliphatic heterocycles. The molecule has 0 aliphatic carbocycles. The number of benzene rings is 3. The number of hydrogen-bond donors (Lipinski definition) is 5. The number of urea groups is 1. The van der Waals surface area contributed by atoms with Crippen molar-refractivity contribution in [2.24, 2.45) is 0 Å². The number of nitrogens with zero attached hydrogens (tertiary/aromatic N) is 1. The number of hydrogen-bond acceptors (Lipinski definition) is 7. The average Bonchev–Trinajstić information content (AvgIpc) is 2.98. The van der Waals surface area contributed by atoms with Crippen LogP contribution in [0.2, 0.25) is 10.0 Å². The van der Waals surface area contributed by atoms with Crippen LogP contribution in [-0.2, 0) is 26.2 Å². The highest BCUT2D eigenvalue weighted by Gasteiger charge is 2.21. The molecule has 0 saturated heterocycles. The van der Waals surface area contributed by atoms with Gasteiger partial charge in [-0.05, 0) is 65.7 Å². The first-order valence-corrected chi connectivity index (χ1v) is 15.0. The highest BCUT2D eigenvalue weighted by atomic mass is 35.5. The van der Waals surface area contributed by atoms with Gasteiger partial charge in [-0.1, -0.05) is 47.5 Å². The van der Waals surface area contributed by atoms with Crippen molar-refractivity contribution in [3.8, 4) is 0 Å². The van der Waals surface area contributed by atoms with E-state index in [-0.39, 0.29) is 27.9 Å². The number of nitrogens with one attached hydrogen (secondary N) is 4. The minimum Gasteiger partial charge on any atom is -0.481 e. The lowest BCUT2D eigenvalue weighted by Gasteiger charge is -2.19. The van der Waals surface area contributed by atoms with Crippen molar-refractivity contribution < 1.29 is 32.6 Å². The van der Waals surface area contributed by atoms with E-state index < -0.39 is 40.6 Å². The third-order valence-corrected chi connectivity index (χ3v) is 8.02. The Hall–Kier alpha value is -4.85. The van der Waals surface area contributed by atoms with Crippen LogP contribution in [0.1, 0.15) is 23.6 Å². The number of sulfonamides is 1. The number of carbonyl (C=O) groups excluding carboxylic acids is 2. The van der Waals surface area contributed by atoms with Crippen LogP contribution in [-0.4, -0.2) is 36.6 Å². The average molecular weight is 659 g/mol. The van der Waals surface area contributed by atoms with E-state index >= 15 is 0 Å². The molecule has 4 aromatic rings. The van der Waals surface area contributed by atoms with Crippen molar-refractivity contribution in [3.05, 3.63) is 112 Å². The Morgan fingerprint density at radius 3 is 2.27 bits per heavy atom. The molecule has 0 fully saturated rings. The molecular formula is C29H25Cl2N5O7S. The number of anilines is 3. The summed E-state index contributed by atoms with van der Waals surface area (Å²) < 4.78 is 34.0. The van der Waals surface area contributed by atoms with Crippen LogP contribution in [0.25, 0.3) is 0 Å². The zero-order valence-electron chi connectivity index (χ0n) is 22.7. The lowest BCUT2D eigenvalue weighted by Crippen LogP contribution is -2.30. The van der Waals surface area contributed by atoms with Crippen molar-refractivity contribution in [2.45, 2.75) is 24.0 Å². The van der Waals surface area contributed by atoms with Gasteiger partial charge < -0.3 is 25.8 Å². The largest absolute Gasteiger partial charge is 0.481 e. The van der Waals surface area contributed by atoms with Crippen LogP contribution in [0.4, 0.5) is 26.7 Å². The summed E-state index contributed by atoms with van der Waals surface area (Å²) in [7, 11) is -4.14. The number of aromatic nitrogens is 1. The van der Waals surface area contributed by atoms with Gasteiger partial charge >= 0.3 is 18.1 Å². The zero-order chi connectivity index (χ0) is 31.7. The predicted molar refractivity (Wildman–Crippen MR) is 165 cm³/mol. The fourth-order valence-corrected chi connectivity index (χ4v) is 5.31. The van der Waals surface area contributed by atoms with Gasteiger partial charge in [0.1, 0.15) is 6.61 Å². The van der Waals surface area contributed by atoms with Crippen LogP contribution < -0.4 is 20.7 Å². The number of rotatable bonds is 11. The number of alkyl carbamates (subject to hydrolysis) is 1. The van der Waals surface area contributed by atoms with Crippen LogP contribution in [0, 0.1) is 0 Å². The third-order valence-electron chi connectivity index (χ3n) is 5.91. The summed E-state index contributed by atoms with van der Waals surface area (Å²) in [5.74, 6) is -1.21. The molecular weight excluding hydrogens is 633 g/mol. The quantitative estimate of drug-likeness (QED) is 0.125. The Balaban J connectivity index is 1.43. The normalized spacial score (nSPS) is 11.6. The van der Waals surface area contributed by atoms with E-state index in [0.717, 1.165) is 0 Å². The van der Waals surface area contributed by atoms with E-state index in [1.165, 1.54) is 67.0 Å². The number of halogens is 2. The standard InChI is InChI=1S/C29H25Cl2N5O7S/c30-24-8-7-18(13-25(24)31)17-43-29(40)35-26(16-27(37)38)19-3-1-5-22(14-19)36-44(41,42)23-6-2-4-21(15-23)34-28(39)33-20-9-11-32-12-10-20/h1-15,26,36H,16-17H2,(H,35,40)(H,37,38)(H2,32,33,34,39). The van der Waals surface area contributed by atoms with Crippen molar-refractivity contribution in [1.29, 1.82) is 0 Å². The molecule has 0 radical (unpaired) electrons. The third kappa shape index (κ3) is 9.33. The smallest absolute Gasteiger partial charge is 0.407 e. The molecule has 1 heterocycles. The first-order chi connectivity index (χ1) is 21.0. The van der Waals surface area contributed by atoms with Crippen LogP contribution in [0.3, 0.4) is 0 Å². The summed E-state index contributed by atoms with van der Waals surface area (Å²) in [4.78, 5) is 40.1. The van der Waals surface area contributed by atoms with E-state index in [2.05, 4.69) is 25.7 Å². The second kappa shape index (κ2) is 14.6. The molecule has 5 N–H and O–H groups in total. The summed E-state index contributed by atoms with van der Waals surface area (Å²) in [5, 5.41) is 17.7. The van der Waals surface area contributed by atoms with Gasteiger partial charge in [0.2, 0.25) is 0 Å². The number of carboxylic acids is 1. The SMILES string of the molecule is O=C(O)CC(NC(=O)OCc1ccc(Cl)c(Cl)c1)c1cccc(NS(=O)(=O)c2cccc(NC(=O)Nc3ccncc3)c2)c1. The van der Waals surface area contributed by atoms with E-state index in [1.54, 1.807) is 24.3 Å². The van der Waals surface area contributed by atoms with E-state index in [0.29, 0.717) is 21.8 Å². The molecule has 44 heavy (non-hydrogen) atoms. The summed E-state index contributed by atoms with van der Waals surface area (Å²) >= 11 is 11.9. The highest BCUT2D eigenvalue weighted by molar-refractivity contribution is 7.92. The molecule has 15 heteroatoms. The molecule has 12 nitrogen and oxygen atoms in total. The van der Waals surface area contributed by atoms with Gasteiger partial charge in [0.15, 0.2) is 0 Å². The van der Waals surface area contributed by atoms with Gasteiger partial charge in [0.05, 0.1) is 27.4 Å². The molecule has 0 spiro atoms. The first kappa shape index (κ1) is 32.1. The fraction of sp³-hybridized carbons (Fsp3) is 0.103. The Kier molecular flexibility index (Phi) is 10.6. The molecule has 3 amide bonds. The minimum atomic E-state index is -4.14. The zero-order valence-corrected chi connectivity index (χ0v) is 25.0. The van der Waals surface area contributed by atoms with E-state index in [1.807, 2.05) is 0 Å². The summed E-state index contributed by atoms with van der Waals surface area (Å²) in [6.45, 7) is -0.151. The van der Waals surface area contributed by atoms with E-state index in [9.17, 15) is 27.9 Å². The van der Waals surface area contributed by atoms with Gasteiger partial charge in [0.25, 0.3) is 10.0 Å². The lowest BCUT2D eigenvalue weighted by atomic mass is 10.0. The Morgan fingerprint density at radius 2 is 1.55 bits per heavy atom. The molecule has 0 aliphatic rings. The summed E-state index contributed by atoms with van der Waals surface area (Å²) in [6.07, 6.45) is 1.61. The van der Waals surface area contributed by atoms with Crippen LogP contribution >= 0.6 is 23.2 Å². The van der Waals surface area contributed by atoms with Gasteiger partial charge in [-0.3, -0.25) is 14.5 Å². The van der Waals surface area contributed by atoms with Gasteiger partial charge in [0, 0.05) is 29.5 Å². The number of carbonyl (C=O) groups is 3. The van der Waals surface area contributed by atoms with E-state index in [4.69, 9.17) is 27.9 Å². The topological polar surface area (TPSA) is 176 Å². The second-order valence-corrected chi connectivity index (χ2v) is 11.7. The molecule has 3 aromatic carbocycles. The molecule has 228 valence electrons. The monoisotopic (exact) mass is 657 g/mol. The number of carboxylic acid groups (broad SMARTS) is 1. The molecule has 1 aromatic heterocycles. The summed E-state index contributed by atoms with van der Waals surface area (Å²) in [5.41, 5.74) is 1.70. The van der Waals surface area contributed by atoms with Gasteiger partial charge in [-0.2, -0.15) is 0 Å². The Labute approximate surface area is 262 Å². The molecule has 0 saturated carbocycles. The maximum atomic E-state index is 13.2. The molecule has 1 unspecified atom stereocenters. The Morgan fingerprint density at radius 1 is 0.841 bits per heavy atom. The maximum absolute atomic E-state index is 13.2. The van der Waals surface area contributed by atoms with Crippen LogP contribution in [0.15, 0.2) is 96.2 Å². The number of amides is 3. The van der Waals surface area contributed by atoms with Crippen molar-refractivity contribution in [1.82, 2.24) is 10.3 Å². The lowest BCUT2D eigenvalue weighted by molar-refractivity contribution is -0.137. The molecule has 1 atom stereocenters. The van der Waals surface area contributed by atoms with Crippen molar-refractivity contribution >= 4 is 68.4 Å². The predicted octanol–water partition coefficient (Wildman–Crippen LogP) is 6.28. The Bertz CT molecular complexity index is 1780. The molecule has 4 rings (SSSR count). The number of pyridine rings is 1. The van der Waals surface area contributed by atoms with Gasteiger partial charge in [-0.15, -0.1) is 0 Å².